The van der Waals surface area contributed by atoms with Crippen LogP contribution in [0.3, 0.4) is 0 Å². The molecule has 2 fully saturated rings. The number of hydrogen-bond donors (Lipinski definition) is 1. The van der Waals surface area contributed by atoms with Crippen LogP contribution in [0.15, 0.2) is 0 Å². The number of hydrogen-bond acceptors (Lipinski definition) is 6. The first-order valence-electron chi connectivity index (χ1n) is 10.9. The van der Waals surface area contributed by atoms with Gasteiger partial charge in [0.1, 0.15) is 6.10 Å². The molecular weight excluding hydrogens is 392 g/mol. The van der Waals surface area contributed by atoms with E-state index in [1.165, 1.54) is 14.0 Å². The van der Waals surface area contributed by atoms with E-state index in [9.17, 15) is 14.4 Å². The normalized spacial score (nSPS) is 24.2. The van der Waals surface area contributed by atoms with Gasteiger partial charge in [-0.3, -0.25) is 9.59 Å². The van der Waals surface area contributed by atoms with Crippen LogP contribution in [0.5, 0.6) is 0 Å². The number of urea groups is 1. The van der Waals surface area contributed by atoms with E-state index < -0.39 is 0 Å². The minimum absolute atomic E-state index is 0.00396. The number of esters is 2. The van der Waals surface area contributed by atoms with Crippen LogP contribution in [-0.2, 0) is 19.1 Å². The monoisotopic (exact) mass is 428 g/mol. The molecule has 7 nitrogen and oxygen atoms in total. The van der Waals surface area contributed by atoms with Crippen molar-refractivity contribution < 1.29 is 23.9 Å². The molecule has 29 heavy (non-hydrogen) atoms. The summed E-state index contributed by atoms with van der Waals surface area (Å²) in [7, 11) is 1.42. The number of thioether (sulfide) groups is 1. The standard InChI is InChI=1S/C21H36N2O5S/c1-4-5-6-8-16(28-15(2)24)10-11-23-19-14-17(13-18(19)22-21(23)26)29-12-7-9-20(25)27-3/h16-19H,4-14H2,1-3H3,(H,22,26)/t16?,17-,18+,19-/m0/s1. The Morgan fingerprint density at radius 1 is 1.24 bits per heavy atom. The Bertz CT molecular complexity index is 559. The molecule has 2 aliphatic rings. The molecule has 0 aromatic heterocycles. The van der Waals surface area contributed by atoms with Crippen molar-refractivity contribution in [3.63, 3.8) is 0 Å². The van der Waals surface area contributed by atoms with Gasteiger partial charge in [0, 0.05) is 31.6 Å². The van der Waals surface area contributed by atoms with E-state index in [-0.39, 0.29) is 36.2 Å². The molecule has 1 N–H and O–H groups in total. The fourth-order valence-corrected chi connectivity index (χ4v) is 5.56. The Balaban J connectivity index is 1.78. The molecule has 0 bridgehead atoms. The topological polar surface area (TPSA) is 84.9 Å². The van der Waals surface area contributed by atoms with Crippen LogP contribution in [0.1, 0.15) is 71.6 Å². The number of unbranched alkanes of at least 4 members (excludes halogenated alkanes) is 2. The number of amides is 2. The second-order valence-corrected chi connectivity index (χ2v) is 9.38. The first-order valence-corrected chi connectivity index (χ1v) is 11.9. The number of nitrogens with one attached hydrogen (secondary N) is 1. The average Bonchev–Trinajstić information content (AvgIpc) is 3.19. The number of rotatable bonds is 13. The molecule has 0 aromatic rings. The highest BCUT2D eigenvalue weighted by molar-refractivity contribution is 7.99. The van der Waals surface area contributed by atoms with Crippen LogP contribution >= 0.6 is 11.8 Å². The molecule has 0 aromatic carbocycles. The number of ether oxygens (including phenoxy) is 2. The molecule has 1 saturated heterocycles. The first kappa shape index (κ1) is 23.8. The largest absolute Gasteiger partial charge is 0.469 e. The van der Waals surface area contributed by atoms with Gasteiger partial charge in [0.05, 0.1) is 19.2 Å². The molecule has 2 rings (SSSR count). The molecule has 1 saturated carbocycles. The third-order valence-corrected chi connectivity index (χ3v) is 7.10. The van der Waals surface area contributed by atoms with E-state index in [0.717, 1.165) is 50.7 Å². The van der Waals surface area contributed by atoms with E-state index in [4.69, 9.17) is 4.74 Å². The Kier molecular flexibility index (Phi) is 10.1. The number of methoxy groups -OCH3 is 1. The van der Waals surface area contributed by atoms with Crippen molar-refractivity contribution >= 4 is 29.7 Å². The summed E-state index contributed by atoms with van der Waals surface area (Å²) in [5, 5.41) is 3.62. The maximum absolute atomic E-state index is 12.4. The molecule has 4 atom stereocenters. The van der Waals surface area contributed by atoms with Crippen molar-refractivity contribution in [2.75, 3.05) is 19.4 Å². The number of nitrogens with zero attached hydrogens (tertiary/aromatic N) is 1. The highest BCUT2D eigenvalue weighted by Gasteiger charge is 2.45. The van der Waals surface area contributed by atoms with Gasteiger partial charge in [-0.25, -0.2) is 4.79 Å². The fraction of sp³-hybridized carbons (Fsp3) is 0.857. The molecule has 166 valence electrons. The third-order valence-electron chi connectivity index (χ3n) is 5.72. The van der Waals surface area contributed by atoms with Gasteiger partial charge in [-0.05, 0) is 37.9 Å². The predicted molar refractivity (Wildman–Crippen MR) is 114 cm³/mol. The highest BCUT2D eigenvalue weighted by Crippen LogP contribution is 2.36. The molecule has 1 heterocycles. The maximum Gasteiger partial charge on any atom is 0.318 e. The Labute approximate surface area is 178 Å². The van der Waals surface area contributed by atoms with Gasteiger partial charge in [0.2, 0.25) is 0 Å². The van der Waals surface area contributed by atoms with Gasteiger partial charge in [0.15, 0.2) is 0 Å². The smallest absolute Gasteiger partial charge is 0.318 e. The summed E-state index contributed by atoms with van der Waals surface area (Å²) >= 11 is 1.89. The molecule has 8 heteroatoms. The van der Waals surface area contributed by atoms with Crippen molar-refractivity contribution in [2.24, 2.45) is 0 Å². The molecule has 1 aliphatic carbocycles. The van der Waals surface area contributed by atoms with Crippen LogP contribution < -0.4 is 5.32 Å². The Morgan fingerprint density at radius 3 is 2.72 bits per heavy atom. The van der Waals surface area contributed by atoms with E-state index >= 15 is 0 Å². The summed E-state index contributed by atoms with van der Waals surface area (Å²) in [6, 6.07) is 0.423. The molecule has 1 aliphatic heterocycles. The zero-order chi connectivity index (χ0) is 21.2. The average molecular weight is 429 g/mol. The summed E-state index contributed by atoms with van der Waals surface area (Å²) in [5.74, 6) is 0.521. The number of carbonyl (C=O) groups excluding carboxylic acids is 3. The lowest BCUT2D eigenvalue weighted by molar-refractivity contribution is -0.147. The maximum atomic E-state index is 12.4. The zero-order valence-corrected chi connectivity index (χ0v) is 18.8. The molecule has 0 radical (unpaired) electrons. The summed E-state index contributed by atoms with van der Waals surface area (Å²) < 4.78 is 10.2. The van der Waals surface area contributed by atoms with E-state index in [0.29, 0.717) is 24.6 Å². The van der Waals surface area contributed by atoms with Gasteiger partial charge in [0.25, 0.3) is 0 Å². The van der Waals surface area contributed by atoms with Crippen LogP contribution in [0, 0.1) is 0 Å². The van der Waals surface area contributed by atoms with Crippen LogP contribution in [0.25, 0.3) is 0 Å². The van der Waals surface area contributed by atoms with Gasteiger partial charge >= 0.3 is 18.0 Å². The molecule has 1 unspecified atom stereocenters. The minimum atomic E-state index is -0.250. The molecule has 2 amide bonds. The van der Waals surface area contributed by atoms with Crippen molar-refractivity contribution in [3.05, 3.63) is 0 Å². The lowest BCUT2D eigenvalue weighted by Crippen LogP contribution is -2.37. The van der Waals surface area contributed by atoms with Gasteiger partial charge in [-0.1, -0.05) is 19.8 Å². The van der Waals surface area contributed by atoms with Crippen molar-refractivity contribution in [1.82, 2.24) is 10.2 Å². The van der Waals surface area contributed by atoms with E-state index in [2.05, 4.69) is 17.0 Å². The summed E-state index contributed by atoms with van der Waals surface area (Å²) in [6.45, 7) is 4.22. The molecular formula is C21H36N2O5S. The summed E-state index contributed by atoms with van der Waals surface area (Å²) in [4.78, 5) is 37.0. The van der Waals surface area contributed by atoms with Crippen molar-refractivity contribution in [2.45, 2.75) is 95.1 Å². The van der Waals surface area contributed by atoms with Crippen LogP contribution in [0.2, 0.25) is 0 Å². The van der Waals surface area contributed by atoms with Crippen molar-refractivity contribution in [3.8, 4) is 0 Å². The number of carbonyl (C=O) groups is 3. The SMILES string of the molecule is CCCCCC(CCN1C(=O)N[C@@H]2C[C@H](SCCCC(=O)OC)C[C@@H]21)OC(C)=O. The summed E-state index contributed by atoms with van der Waals surface area (Å²) in [6.07, 6.45) is 7.95. The number of fused-ring (bicyclic) bond motifs is 1. The van der Waals surface area contributed by atoms with Gasteiger partial charge < -0.3 is 19.7 Å². The van der Waals surface area contributed by atoms with Crippen molar-refractivity contribution in [1.29, 1.82) is 0 Å². The second kappa shape index (κ2) is 12.3. The lowest BCUT2D eigenvalue weighted by atomic mass is 10.1. The lowest BCUT2D eigenvalue weighted by Gasteiger charge is -2.25. The van der Waals surface area contributed by atoms with Gasteiger partial charge in [-0.15, -0.1) is 0 Å². The molecule has 0 spiro atoms. The fourth-order valence-electron chi connectivity index (χ4n) is 4.24. The Hall–Kier alpha value is -1.44. The zero-order valence-electron chi connectivity index (χ0n) is 18.0. The predicted octanol–water partition coefficient (Wildman–Crippen LogP) is 3.50. The van der Waals surface area contributed by atoms with Gasteiger partial charge in [-0.2, -0.15) is 11.8 Å². The van der Waals surface area contributed by atoms with E-state index in [1.54, 1.807) is 0 Å². The summed E-state index contributed by atoms with van der Waals surface area (Å²) in [5.41, 5.74) is 0. The quantitative estimate of drug-likeness (QED) is 0.357. The second-order valence-electron chi connectivity index (χ2n) is 7.98. The minimum Gasteiger partial charge on any atom is -0.469 e. The van der Waals surface area contributed by atoms with Crippen LogP contribution in [-0.4, -0.2) is 65.7 Å². The third kappa shape index (κ3) is 7.72. The highest BCUT2D eigenvalue weighted by atomic mass is 32.2. The van der Waals surface area contributed by atoms with Crippen LogP contribution in [0.4, 0.5) is 4.79 Å². The first-order chi connectivity index (χ1) is 13.9. The van der Waals surface area contributed by atoms with E-state index in [1.807, 2.05) is 16.7 Å². The Morgan fingerprint density at radius 2 is 2.03 bits per heavy atom.